The van der Waals surface area contributed by atoms with Gasteiger partial charge in [0, 0.05) is 24.9 Å². The molecule has 0 fully saturated rings. The van der Waals surface area contributed by atoms with Gasteiger partial charge in [-0.05, 0) is 23.6 Å². The molecule has 3 rings (SSSR count). The Hall–Kier alpha value is -2.54. The monoisotopic (exact) mass is 300 g/mol. The van der Waals surface area contributed by atoms with Crippen LogP contribution in [0, 0.1) is 0 Å². The Balaban J connectivity index is 1.76. The van der Waals surface area contributed by atoms with Crippen LogP contribution in [-0.4, -0.2) is 32.6 Å². The number of carboxylic acids is 1. The van der Waals surface area contributed by atoms with Crippen LogP contribution in [0.3, 0.4) is 0 Å². The number of fused-ring (bicyclic) bond motifs is 1. The lowest BCUT2D eigenvalue weighted by molar-refractivity contribution is 0.0693. The van der Waals surface area contributed by atoms with Crippen LogP contribution in [0.25, 0.3) is 10.2 Å². The van der Waals surface area contributed by atoms with E-state index >= 15 is 0 Å². The fourth-order valence-corrected chi connectivity index (χ4v) is 2.75. The number of aromatic nitrogens is 3. The summed E-state index contributed by atoms with van der Waals surface area (Å²) in [6.07, 6.45) is 2.46. The van der Waals surface area contributed by atoms with Crippen LogP contribution < -0.4 is 5.32 Å². The van der Waals surface area contributed by atoms with Gasteiger partial charge in [0.1, 0.15) is 0 Å². The summed E-state index contributed by atoms with van der Waals surface area (Å²) in [5.74, 6) is -0.716. The number of nitrogens with one attached hydrogen (secondary N) is 1. The Kier molecular flexibility index (Phi) is 3.74. The van der Waals surface area contributed by atoms with Crippen molar-refractivity contribution in [1.82, 2.24) is 15.0 Å². The Morgan fingerprint density at radius 2 is 2.19 bits per heavy atom. The lowest BCUT2D eigenvalue weighted by Gasteiger charge is -2.06. The molecule has 0 unspecified atom stereocenters. The molecule has 0 saturated heterocycles. The molecule has 0 aromatic carbocycles. The van der Waals surface area contributed by atoms with E-state index in [0.717, 1.165) is 5.69 Å². The van der Waals surface area contributed by atoms with E-state index < -0.39 is 5.97 Å². The van der Waals surface area contributed by atoms with E-state index in [1.54, 1.807) is 12.3 Å². The molecule has 0 saturated carbocycles. The highest BCUT2D eigenvalue weighted by molar-refractivity contribution is 7.17. The van der Waals surface area contributed by atoms with Crippen molar-refractivity contribution in [2.45, 2.75) is 6.42 Å². The molecule has 0 aliphatic carbocycles. The summed E-state index contributed by atoms with van der Waals surface area (Å²) in [5.41, 5.74) is 1.64. The number of thiophene rings is 1. The predicted molar refractivity (Wildman–Crippen MR) is 80.8 cm³/mol. The van der Waals surface area contributed by atoms with Crippen LogP contribution in [0.15, 0.2) is 35.8 Å². The maximum Gasteiger partial charge on any atom is 0.356 e. The molecule has 0 aliphatic rings. The summed E-state index contributed by atoms with van der Waals surface area (Å²) in [6.45, 7) is 0.589. The molecule has 0 aliphatic heterocycles. The van der Waals surface area contributed by atoms with Gasteiger partial charge in [-0.3, -0.25) is 4.98 Å². The zero-order valence-electron chi connectivity index (χ0n) is 11.0. The maximum atomic E-state index is 11.2. The zero-order valence-corrected chi connectivity index (χ0v) is 11.8. The van der Waals surface area contributed by atoms with Crippen LogP contribution in [0.1, 0.15) is 16.2 Å². The summed E-state index contributed by atoms with van der Waals surface area (Å²) in [4.78, 5) is 23.8. The molecule has 7 heteroatoms. The number of nitrogens with zero attached hydrogens (tertiary/aromatic N) is 3. The molecular formula is C14H12N4O2S. The largest absolute Gasteiger partial charge is 0.476 e. The molecule has 3 aromatic rings. The predicted octanol–water partition coefficient (Wildman–Crippen LogP) is 2.44. The fourth-order valence-electron chi connectivity index (χ4n) is 1.94. The van der Waals surface area contributed by atoms with Crippen molar-refractivity contribution in [2.24, 2.45) is 0 Å². The average Bonchev–Trinajstić information content (AvgIpc) is 2.95. The average molecular weight is 300 g/mol. The van der Waals surface area contributed by atoms with Crippen molar-refractivity contribution in [3.8, 4) is 0 Å². The van der Waals surface area contributed by atoms with Crippen molar-refractivity contribution >= 4 is 33.5 Å². The first kappa shape index (κ1) is 13.4. The molecule has 0 amide bonds. The minimum atomic E-state index is -1.04. The van der Waals surface area contributed by atoms with Gasteiger partial charge in [-0.15, -0.1) is 11.3 Å². The highest BCUT2D eigenvalue weighted by Crippen LogP contribution is 2.23. The molecule has 21 heavy (non-hydrogen) atoms. The number of aromatic carboxylic acids is 1. The van der Waals surface area contributed by atoms with Gasteiger partial charge in [0.2, 0.25) is 5.95 Å². The first-order chi connectivity index (χ1) is 10.2. The topological polar surface area (TPSA) is 88.0 Å². The Morgan fingerprint density at radius 3 is 2.95 bits per heavy atom. The van der Waals surface area contributed by atoms with Gasteiger partial charge < -0.3 is 10.4 Å². The summed E-state index contributed by atoms with van der Waals surface area (Å²) in [7, 11) is 0. The van der Waals surface area contributed by atoms with E-state index in [1.165, 1.54) is 11.3 Å². The number of carbonyl (C=O) groups is 1. The highest BCUT2D eigenvalue weighted by atomic mass is 32.1. The zero-order chi connectivity index (χ0) is 14.7. The molecule has 3 heterocycles. The van der Waals surface area contributed by atoms with Gasteiger partial charge in [0.15, 0.2) is 5.69 Å². The second-order valence-corrected chi connectivity index (χ2v) is 5.25. The molecule has 0 spiro atoms. The number of hydrogen-bond acceptors (Lipinski definition) is 6. The van der Waals surface area contributed by atoms with E-state index in [-0.39, 0.29) is 5.69 Å². The van der Waals surface area contributed by atoms with E-state index in [9.17, 15) is 9.90 Å². The molecule has 2 N–H and O–H groups in total. The third kappa shape index (κ3) is 2.97. The second kappa shape index (κ2) is 5.84. The quantitative estimate of drug-likeness (QED) is 0.752. The lowest BCUT2D eigenvalue weighted by atomic mass is 10.3. The maximum absolute atomic E-state index is 11.2. The second-order valence-electron chi connectivity index (χ2n) is 4.33. The molecule has 3 aromatic heterocycles. The summed E-state index contributed by atoms with van der Waals surface area (Å²) >= 11 is 1.33. The van der Waals surface area contributed by atoms with Crippen molar-refractivity contribution in [1.29, 1.82) is 0 Å². The molecule has 0 bridgehead atoms. The Labute approximate surface area is 124 Å². The standard InChI is InChI=1S/C14H12N4O2S/c19-13(20)11-12-10(5-8-21-12)17-14(18-11)16-7-4-9-3-1-2-6-15-9/h1-3,5-6,8H,4,7H2,(H,19,20)(H,16,17,18). The molecular weight excluding hydrogens is 288 g/mol. The van der Waals surface area contributed by atoms with Gasteiger partial charge in [-0.25, -0.2) is 14.8 Å². The van der Waals surface area contributed by atoms with Crippen LogP contribution in [0.5, 0.6) is 0 Å². The number of carboxylic acid groups (broad SMARTS) is 1. The SMILES string of the molecule is O=C(O)c1nc(NCCc2ccccn2)nc2ccsc12. The van der Waals surface area contributed by atoms with Crippen molar-refractivity contribution in [3.05, 3.63) is 47.2 Å². The molecule has 0 atom stereocenters. The van der Waals surface area contributed by atoms with Gasteiger partial charge in [-0.2, -0.15) is 0 Å². The number of pyridine rings is 1. The lowest BCUT2D eigenvalue weighted by Crippen LogP contribution is -2.11. The third-order valence-corrected chi connectivity index (χ3v) is 3.81. The van der Waals surface area contributed by atoms with Gasteiger partial charge in [-0.1, -0.05) is 6.07 Å². The van der Waals surface area contributed by atoms with E-state index in [0.29, 0.717) is 29.1 Å². The summed E-state index contributed by atoms with van der Waals surface area (Å²) < 4.78 is 0.595. The van der Waals surface area contributed by atoms with E-state index in [2.05, 4.69) is 20.3 Å². The molecule has 106 valence electrons. The fraction of sp³-hybridized carbons (Fsp3) is 0.143. The number of anilines is 1. The van der Waals surface area contributed by atoms with Gasteiger partial charge >= 0.3 is 5.97 Å². The number of rotatable bonds is 5. The van der Waals surface area contributed by atoms with E-state index in [1.807, 2.05) is 23.6 Å². The first-order valence-corrected chi connectivity index (χ1v) is 7.24. The van der Waals surface area contributed by atoms with Crippen molar-refractivity contribution < 1.29 is 9.90 Å². The minimum Gasteiger partial charge on any atom is -0.476 e. The Morgan fingerprint density at radius 1 is 1.29 bits per heavy atom. The first-order valence-electron chi connectivity index (χ1n) is 6.36. The smallest absolute Gasteiger partial charge is 0.356 e. The summed E-state index contributed by atoms with van der Waals surface area (Å²) in [5, 5.41) is 14.1. The van der Waals surface area contributed by atoms with Crippen LogP contribution in [0.2, 0.25) is 0 Å². The van der Waals surface area contributed by atoms with Gasteiger partial charge in [0.05, 0.1) is 10.2 Å². The third-order valence-electron chi connectivity index (χ3n) is 2.90. The van der Waals surface area contributed by atoms with Crippen molar-refractivity contribution in [3.63, 3.8) is 0 Å². The van der Waals surface area contributed by atoms with Crippen LogP contribution in [0.4, 0.5) is 5.95 Å². The van der Waals surface area contributed by atoms with Crippen molar-refractivity contribution in [2.75, 3.05) is 11.9 Å². The highest BCUT2D eigenvalue weighted by Gasteiger charge is 2.14. The minimum absolute atomic E-state index is 0.0373. The normalized spacial score (nSPS) is 10.7. The Bertz CT molecular complexity index is 773. The number of hydrogen-bond donors (Lipinski definition) is 2. The van der Waals surface area contributed by atoms with Gasteiger partial charge in [0.25, 0.3) is 0 Å². The molecule has 6 nitrogen and oxygen atoms in total. The molecule has 0 radical (unpaired) electrons. The van der Waals surface area contributed by atoms with E-state index in [4.69, 9.17) is 0 Å². The van der Waals surface area contributed by atoms with Crippen LogP contribution >= 0.6 is 11.3 Å². The summed E-state index contributed by atoms with van der Waals surface area (Å²) in [6, 6.07) is 7.52. The van der Waals surface area contributed by atoms with Crippen LogP contribution in [-0.2, 0) is 6.42 Å².